The fraction of sp³-hybridized carbons (Fsp3) is 0.250. The topological polar surface area (TPSA) is 82.0 Å². The first-order valence-electron chi connectivity index (χ1n) is 8.18. The second kappa shape index (κ2) is 9.24. The summed E-state index contributed by atoms with van der Waals surface area (Å²) < 4.78 is 0. The highest BCUT2D eigenvalue weighted by Crippen LogP contribution is 2.13. The van der Waals surface area contributed by atoms with Gasteiger partial charge in [0, 0.05) is 13.0 Å². The Hall–Kier alpha value is -3.13. The summed E-state index contributed by atoms with van der Waals surface area (Å²) in [5.41, 5.74) is 2.46. The van der Waals surface area contributed by atoms with E-state index < -0.39 is 0 Å². The zero-order valence-electron chi connectivity index (χ0n) is 14.2. The van der Waals surface area contributed by atoms with Crippen molar-refractivity contribution in [2.24, 2.45) is 0 Å². The lowest BCUT2D eigenvalue weighted by Crippen LogP contribution is -2.32. The minimum absolute atomic E-state index is 0.0980. The minimum Gasteiger partial charge on any atom is -0.355 e. The summed E-state index contributed by atoms with van der Waals surface area (Å²) in [6, 6.07) is 18.5. The molecular weight excluding hydrogens is 314 g/mol. The van der Waals surface area contributed by atoms with Crippen LogP contribution in [0, 0.1) is 11.3 Å². The smallest absolute Gasteiger partial charge is 0.224 e. The van der Waals surface area contributed by atoms with E-state index in [1.165, 1.54) is 0 Å². The molecule has 2 N–H and O–H groups in total. The highest BCUT2D eigenvalue weighted by atomic mass is 16.2. The van der Waals surface area contributed by atoms with Crippen molar-refractivity contribution in [3.8, 4) is 6.07 Å². The quantitative estimate of drug-likeness (QED) is 0.815. The van der Waals surface area contributed by atoms with Gasteiger partial charge in [0.2, 0.25) is 11.8 Å². The van der Waals surface area contributed by atoms with Crippen LogP contribution < -0.4 is 10.6 Å². The molecule has 2 aromatic rings. The van der Waals surface area contributed by atoms with Gasteiger partial charge in [-0.25, -0.2) is 0 Å². The van der Waals surface area contributed by atoms with Gasteiger partial charge in [-0.05, 0) is 30.2 Å². The van der Waals surface area contributed by atoms with Crippen molar-refractivity contribution in [1.29, 1.82) is 5.26 Å². The van der Waals surface area contributed by atoms with E-state index in [0.29, 0.717) is 18.5 Å². The van der Waals surface area contributed by atoms with E-state index in [-0.39, 0.29) is 24.3 Å². The summed E-state index contributed by atoms with van der Waals surface area (Å²) in [6.45, 7) is 2.19. The number of amides is 2. The molecule has 0 aliphatic heterocycles. The molecule has 0 aliphatic rings. The molecule has 2 amide bonds. The predicted octanol–water partition coefficient (Wildman–Crippen LogP) is 2.48. The Labute approximate surface area is 147 Å². The van der Waals surface area contributed by atoms with Crippen molar-refractivity contribution in [1.82, 2.24) is 10.6 Å². The molecule has 0 saturated carbocycles. The molecule has 0 heterocycles. The third-order valence-electron chi connectivity index (χ3n) is 3.80. The maximum atomic E-state index is 12.0. The fourth-order valence-electron chi connectivity index (χ4n) is 2.40. The molecule has 0 aromatic heterocycles. The van der Waals surface area contributed by atoms with Gasteiger partial charge in [0.15, 0.2) is 0 Å². The first-order valence-corrected chi connectivity index (χ1v) is 8.18. The number of nitrogens with zero attached hydrogens (tertiary/aromatic N) is 1. The Morgan fingerprint density at radius 2 is 1.72 bits per heavy atom. The van der Waals surface area contributed by atoms with Gasteiger partial charge >= 0.3 is 0 Å². The van der Waals surface area contributed by atoms with E-state index >= 15 is 0 Å². The van der Waals surface area contributed by atoms with Crippen molar-refractivity contribution in [3.63, 3.8) is 0 Å². The van der Waals surface area contributed by atoms with Gasteiger partial charge in [-0.3, -0.25) is 9.59 Å². The van der Waals surface area contributed by atoms with Crippen LogP contribution in [0.15, 0.2) is 54.6 Å². The summed E-state index contributed by atoms with van der Waals surface area (Å²) in [5.74, 6) is -0.226. The van der Waals surface area contributed by atoms with E-state index in [4.69, 9.17) is 5.26 Å². The molecule has 1 atom stereocenters. The van der Waals surface area contributed by atoms with Gasteiger partial charge in [-0.15, -0.1) is 0 Å². The van der Waals surface area contributed by atoms with E-state index in [0.717, 1.165) is 11.1 Å². The number of rotatable bonds is 7. The highest BCUT2D eigenvalue weighted by Gasteiger charge is 2.10. The summed E-state index contributed by atoms with van der Waals surface area (Å²) >= 11 is 0. The van der Waals surface area contributed by atoms with Crippen LogP contribution in [0.2, 0.25) is 0 Å². The lowest BCUT2D eigenvalue weighted by atomic mass is 10.1. The van der Waals surface area contributed by atoms with Crippen LogP contribution in [-0.4, -0.2) is 18.4 Å². The van der Waals surface area contributed by atoms with Crippen LogP contribution in [-0.2, 0) is 16.0 Å². The molecule has 128 valence electrons. The zero-order valence-corrected chi connectivity index (χ0v) is 14.2. The van der Waals surface area contributed by atoms with Gasteiger partial charge in [0.25, 0.3) is 0 Å². The van der Waals surface area contributed by atoms with Gasteiger partial charge in [-0.1, -0.05) is 42.5 Å². The standard InChI is InChI=1S/C20H21N3O2/c1-15(18-9-7-17(14-21)8-10-18)23-19(24)11-12-22-20(25)13-16-5-3-2-4-6-16/h2-10,15H,11-13H2,1H3,(H,22,25)(H,23,24). The number of carbonyl (C=O) groups excluding carboxylic acids is 2. The second-order valence-corrected chi connectivity index (χ2v) is 5.79. The van der Waals surface area contributed by atoms with Gasteiger partial charge in [0.1, 0.15) is 0 Å². The normalized spacial score (nSPS) is 11.2. The molecule has 0 saturated heterocycles. The van der Waals surface area contributed by atoms with Crippen LogP contribution in [0.4, 0.5) is 0 Å². The van der Waals surface area contributed by atoms with Crippen molar-refractivity contribution in [2.75, 3.05) is 6.54 Å². The number of hydrogen-bond donors (Lipinski definition) is 2. The van der Waals surface area contributed by atoms with Gasteiger partial charge in [0.05, 0.1) is 24.1 Å². The largest absolute Gasteiger partial charge is 0.355 e. The predicted molar refractivity (Wildman–Crippen MR) is 95.5 cm³/mol. The average molecular weight is 335 g/mol. The Balaban J connectivity index is 1.71. The summed E-state index contributed by atoms with van der Waals surface area (Å²) in [7, 11) is 0. The van der Waals surface area contributed by atoms with Crippen LogP contribution >= 0.6 is 0 Å². The van der Waals surface area contributed by atoms with Gasteiger partial charge in [-0.2, -0.15) is 5.26 Å². The number of benzene rings is 2. The van der Waals surface area contributed by atoms with Crippen LogP contribution in [0.25, 0.3) is 0 Å². The number of carbonyl (C=O) groups is 2. The van der Waals surface area contributed by atoms with Crippen molar-refractivity contribution >= 4 is 11.8 Å². The molecule has 1 unspecified atom stereocenters. The molecule has 0 aliphatic carbocycles. The fourth-order valence-corrected chi connectivity index (χ4v) is 2.40. The molecule has 0 bridgehead atoms. The van der Waals surface area contributed by atoms with E-state index in [1.54, 1.807) is 12.1 Å². The molecule has 2 aromatic carbocycles. The lowest BCUT2D eigenvalue weighted by Gasteiger charge is -2.14. The van der Waals surface area contributed by atoms with Crippen LogP contribution in [0.1, 0.15) is 36.1 Å². The number of hydrogen-bond acceptors (Lipinski definition) is 3. The Morgan fingerprint density at radius 3 is 2.36 bits per heavy atom. The zero-order chi connectivity index (χ0) is 18.1. The maximum Gasteiger partial charge on any atom is 0.224 e. The summed E-state index contributed by atoms with van der Waals surface area (Å²) in [6.07, 6.45) is 0.533. The molecule has 2 rings (SSSR count). The summed E-state index contributed by atoms with van der Waals surface area (Å²) in [5, 5.41) is 14.4. The molecule has 0 fully saturated rings. The number of nitrogens with one attached hydrogen (secondary N) is 2. The van der Waals surface area contributed by atoms with Crippen molar-refractivity contribution in [2.45, 2.75) is 25.8 Å². The monoisotopic (exact) mass is 335 g/mol. The Bertz CT molecular complexity index is 749. The summed E-state index contributed by atoms with van der Waals surface area (Å²) in [4.78, 5) is 23.8. The Kier molecular flexibility index (Phi) is 6.73. The van der Waals surface area contributed by atoms with Gasteiger partial charge < -0.3 is 10.6 Å². The molecule has 0 radical (unpaired) electrons. The Morgan fingerprint density at radius 1 is 1.04 bits per heavy atom. The van der Waals surface area contributed by atoms with Crippen LogP contribution in [0.5, 0.6) is 0 Å². The first kappa shape index (κ1) is 18.2. The third kappa shape index (κ3) is 6.11. The molecule has 5 heteroatoms. The van der Waals surface area contributed by atoms with E-state index in [1.807, 2.05) is 49.4 Å². The molecule has 25 heavy (non-hydrogen) atoms. The van der Waals surface area contributed by atoms with E-state index in [9.17, 15) is 9.59 Å². The van der Waals surface area contributed by atoms with Crippen molar-refractivity contribution in [3.05, 3.63) is 71.3 Å². The first-order chi connectivity index (χ1) is 12.1. The highest BCUT2D eigenvalue weighted by molar-refractivity contribution is 5.80. The molecule has 5 nitrogen and oxygen atoms in total. The molecule has 0 spiro atoms. The maximum absolute atomic E-state index is 12.0. The number of nitriles is 1. The van der Waals surface area contributed by atoms with E-state index in [2.05, 4.69) is 16.7 Å². The molecular formula is C20H21N3O2. The third-order valence-corrected chi connectivity index (χ3v) is 3.80. The SMILES string of the molecule is CC(NC(=O)CCNC(=O)Cc1ccccc1)c1ccc(C#N)cc1. The van der Waals surface area contributed by atoms with Crippen molar-refractivity contribution < 1.29 is 9.59 Å². The minimum atomic E-state index is -0.153. The second-order valence-electron chi connectivity index (χ2n) is 5.79. The van der Waals surface area contributed by atoms with Crippen LogP contribution in [0.3, 0.4) is 0 Å². The average Bonchev–Trinajstić information content (AvgIpc) is 2.62. The lowest BCUT2D eigenvalue weighted by molar-refractivity contribution is -0.122.